The van der Waals surface area contributed by atoms with Crippen LogP contribution >= 0.6 is 0 Å². The molecule has 108 valence electrons. The molecule has 0 aliphatic carbocycles. The second-order valence-electron chi connectivity index (χ2n) is 6.04. The minimum absolute atomic E-state index is 0.465. The monoisotopic (exact) mass is 365 g/mol. The molecule has 0 aromatic rings. The van der Waals surface area contributed by atoms with E-state index >= 15 is 0 Å². The van der Waals surface area contributed by atoms with Crippen LogP contribution in [0, 0.1) is 0 Å². The summed E-state index contributed by atoms with van der Waals surface area (Å²) in [7, 11) is 0. The number of piperidine rings is 2. The quantitative estimate of drug-likeness (QED) is 0.487. The molecule has 2 nitrogen and oxygen atoms in total. The van der Waals surface area contributed by atoms with E-state index in [1.165, 1.54) is 58.4 Å². The number of halogens is 1. The summed E-state index contributed by atoms with van der Waals surface area (Å²) in [5, 5.41) is 0. The summed E-state index contributed by atoms with van der Waals surface area (Å²) in [6.45, 7) is 13.8. The molecule has 2 aliphatic rings. The minimum atomic E-state index is 0.465. The number of hydrogen-bond acceptors (Lipinski definition) is 2. The molecule has 2 aliphatic heterocycles. The summed E-state index contributed by atoms with van der Waals surface area (Å²) in [6, 6.07) is 0.761. The zero-order chi connectivity index (χ0) is 13.0. The van der Waals surface area contributed by atoms with E-state index in [2.05, 4.69) is 30.6 Å². The third-order valence-corrected chi connectivity index (χ3v) is 9.04. The third-order valence-electron chi connectivity index (χ3n) is 4.51. The van der Waals surface area contributed by atoms with Gasteiger partial charge >= 0.3 is 124 Å². The first kappa shape index (κ1) is 15.0. The molecule has 2 fully saturated rings. The van der Waals surface area contributed by atoms with Crippen LogP contribution in [0.15, 0.2) is 0 Å². The normalized spacial score (nSPS) is 26.2. The van der Waals surface area contributed by atoms with E-state index in [9.17, 15) is 0 Å². The summed E-state index contributed by atoms with van der Waals surface area (Å²) < 4.78 is 2.28. The molecule has 0 spiro atoms. The van der Waals surface area contributed by atoms with E-state index < -0.39 is 0 Å². The van der Waals surface area contributed by atoms with Gasteiger partial charge in [0.1, 0.15) is 0 Å². The summed E-state index contributed by atoms with van der Waals surface area (Å²) in [5.74, 6) is 0. The molecular formula is C15H30IN2-. The fourth-order valence-corrected chi connectivity index (χ4v) is 7.10. The van der Waals surface area contributed by atoms with Crippen molar-refractivity contribution in [1.82, 2.24) is 9.80 Å². The van der Waals surface area contributed by atoms with Crippen LogP contribution in [0.1, 0.15) is 46.5 Å². The predicted molar refractivity (Wildman–Crippen MR) is 74.9 cm³/mol. The van der Waals surface area contributed by atoms with Crippen molar-refractivity contribution in [3.8, 4) is 0 Å². The van der Waals surface area contributed by atoms with Crippen LogP contribution in [-0.4, -0.2) is 56.4 Å². The Morgan fingerprint density at radius 3 is 1.89 bits per heavy atom. The summed E-state index contributed by atoms with van der Waals surface area (Å²) >= 11 is 0.465. The molecule has 0 radical (unpaired) electrons. The van der Waals surface area contributed by atoms with Gasteiger partial charge in [-0.15, -0.1) is 0 Å². The molecule has 0 unspecified atom stereocenters. The van der Waals surface area contributed by atoms with E-state index in [0.29, 0.717) is 21.2 Å². The van der Waals surface area contributed by atoms with Crippen molar-refractivity contribution in [3.05, 3.63) is 0 Å². The fourth-order valence-electron chi connectivity index (χ4n) is 3.11. The van der Waals surface area contributed by atoms with Crippen LogP contribution in [0.5, 0.6) is 0 Å². The Balaban J connectivity index is 1.66. The van der Waals surface area contributed by atoms with Gasteiger partial charge in [0.2, 0.25) is 0 Å². The molecule has 0 saturated carbocycles. The van der Waals surface area contributed by atoms with Crippen molar-refractivity contribution in [2.24, 2.45) is 0 Å². The van der Waals surface area contributed by atoms with Crippen LogP contribution in [-0.2, 0) is 0 Å². The summed E-state index contributed by atoms with van der Waals surface area (Å²) in [6.07, 6.45) is 6.01. The number of alkyl halides is 2. The molecule has 0 amide bonds. The number of rotatable bonds is 4. The van der Waals surface area contributed by atoms with E-state index in [1.807, 2.05) is 0 Å². The standard InChI is InChI=1S/C15H30IN2/c1-4-17-9-5-14(6-10-17)16-15-7-11-18(12-8-15)13(2)3/h13-15H,4-12H2,1-3H3/q-1. The van der Waals surface area contributed by atoms with Crippen LogP contribution in [0.4, 0.5) is 0 Å². The molecule has 0 bridgehead atoms. The van der Waals surface area contributed by atoms with Crippen molar-refractivity contribution in [3.63, 3.8) is 0 Å². The topological polar surface area (TPSA) is 6.48 Å². The SMILES string of the molecule is CCN1CCC([I-]C2CCN(C(C)C)CC2)CC1. The molecule has 3 heteroatoms. The zero-order valence-electron chi connectivity index (χ0n) is 12.4. The summed E-state index contributed by atoms with van der Waals surface area (Å²) in [5.41, 5.74) is 0. The Bertz CT molecular complexity index is 229. The molecule has 0 N–H and O–H groups in total. The van der Waals surface area contributed by atoms with Gasteiger partial charge in [-0.25, -0.2) is 0 Å². The van der Waals surface area contributed by atoms with Gasteiger partial charge < -0.3 is 0 Å². The van der Waals surface area contributed by atoms with Crippen molar-refractivity contribution >= 4 is 0 Å². The maximum atomic E-state index is 2.67. The van der Waals surface area contributed by atoms with Gasteiger partial charge in [-0.3, -0.25) is 0 Å². The molecule has 0 aromatic heterocycles. The average Bonchev–Trinajstić information content (AvgIpc) is 2.40. The molecule has 2 saturated heterocycles. The van der Waals surface area contributed by atoms with E-state index in [1.54, 1.807) is 0 Å². The van der Waals surface area contributed by atoms with Crippen LogP contribution in [0.25, 0.3) is 0 Å². The Morgan fingerprint density at radius 1 is 0.944 bits per heavy atom. The maximum absolute atomic E-state index is 2.67. The van der Waals surface area contributed by atoms with Gasteiger partial charge in [0.25, 0.3) is 0 Å². The zero-order valence-corrected chi connectivity index (χ0v) is 14.5. The molecule has 0 atom stereocenters. The van der Waals surface area contributed by atoms with Gasteiger partial charge in [-0.1, -0.05) is 0 Å². The Kier molecular flexibility index (Phi) is 6.22. The molecule has 2 heterocycles. The Labute approximate surface area is 124 Å². The Morgan fingerprint density at radius 2 is 1.44 bits per heavy atom. The first-order chi connectivity index (χ1) is 8.69. The van der Waals surface area contributed by atoms with Crippen LogP contribution in [0.3, 0.4) is 0 Å². The van der Waals surface area contributed by atoms with Crippen LogP contribution in [0.2, 0.25) is 0 Å². The molecule has 18 heavy (non-hydrogen) atoms. The second-order valence-corrected chi connectivity index (χ2v) is 10.3. The van der Waals surface area contributed by atoms with Crippen molar-refractivity contribution in [1.29, 1.82) is 0 Å². The van der Waals surface area contributed by atoms with Gasteiger partial charge in [0.15, 0.2) is 0 Å². The van der Waals surface area contributed by atoms with E-state index in [4.69, 9.17) is 0 Å². The van der Waals surface area contributed by atoms with Gasteiger partial charge in [-0.05, 0) is 0 Å². The van der Waals surface area contributed by atoms with Crippen molar-refractivity contribution < 1.29 is 21.2 Å². The first-order valence-electron chi connectivity index (χ1n) is 7.77. The fraction of sp³-hybridized carbons (Fsp3) is 1.00. The van der Waals surface area contributed by atoms with E-state index in [-0.39, 0.29) is 0 Å². The second kappa shape index (κ2) is 7.44. The van der Waals surface area contributed by atoms with Crippen LogP contribution < -0.4 is 21.2 Å². The first-order valence-corrected chi connectivity index (χ1v) is 10.3. The van der Waals surface area contributed by atoms with Crippen molar-refractivity contribution in [2.45, 2.75) is 60.3 Å². The number of hydrogen-bond donors (Lipinski definition) is 0. The number of nitrogens with zero attached hydrogens (tertiary/aromatic N) is 2. The molecular weight excluding hydrogens is 335 g/mol. The summed E-state index contributed by atoms with van der Waals surface area (Å²) in [4.78, 5) is 5.29. The molecule has 2 rings (SSSR count). The number of likely N-dealkylation sites (tertiary alicyclic amines) is 2. The average molecular weight is 365 g/mol. The third kappa shape index (κ3) is 4.34. The van der Waals surface area contributed by atoms with Crippen molar-refractivity contribution in [2.75, 3.05) is 32.7 Å². The van der Waals surface area contributed by atoms with Gasteiger partial charge in [0, 0.05) is 0 Å². The van der Waals surface area contributed by atoms with Gasteiger partial charge in [-0.2, -0.15) is 0 Å². The van der Waals surface area contributed by atoms with Gasteiger partial charge in [0.05, 0.1) is 0 Å². The Hall–Kier alpha value is 0.650. The molecule has 0 aromatic carbocycles. The van der Waals surface area contributed by atoms with E-state index in [0.717, 1.165) is 13.9 Å². The predicted octanol–water partition coefficient (Wildman–Crippen LogP) is -0.567.